The summed E-state index contributed by atoms with van der Waals surface area (Å²) in [7, 11) is 0. The van der Waals surface area contributed by atoms with Gasteiger partial charge in [-0.25, -0.2) is 0 Å². The van der Waals surface area contributed by atoms with E-state index < -0.39 is 0 Å². The van der Waals surface area contributed by atoms with Crippen molar-refractivity contribution in [3.63, 3.8) is 0 Å². The summed E-state index contributed by atoms with van der Waals surface area (Å²) in [4.78, 5) is 26.8. The third-order valence-electron chi connectivity index (χ3n) is 7.66. The number of ether oxygens (including phenoxy) is 1. The van der Waals surface area contributed by atoms with Gasteiger partial charge in [-0.3, -0.25) is 9.59 Å². The molecule has 0 radical (unpaired) electrons. The Balaban J connectivity index is 1.39. The third-order valence-corrected chi connectivity index (χ3v) is 7.66. The Morgan fingerprint density at radius 3 is 1.84 bits per heavy atom. The average molecular weight is 450 g/mol. The maximum absolute atomic E-state index is 12.4. The van der Waals surface area contributed by atoms with E-state index >= 15 is 0 Å². The molecule has 32 heavy (non-hydrogen) atoms. The van der Waals surface area contributed by atoms with Crippen molar-refractivity contribution in [3.8, 4) is 0 Å². The topological polar surface area (TPSA) is 46.6 Å². The standard InChI is InChI=1S/C28H51NO3/c1-2-3-4-5-6-7-8-9-10-11-12-15-24-32-28(31)26-20-22-29(23-21-26)27(30)19-18-25-16-13-14-17-25/h25-26H,2-24H2,1H3. The van der Waals surface area contributed by atoms with Crippen molar-refractivity contribution in [2.45, 2.75) is 135 Å². The first-order chi connectivity index (χ1) is 15.7. The molecule has 1 aliphatic carbocycles. The van der Waals surface area contributed by atoms with Crippen LogP contribution in [-0.4, -0.2) is 36.5 Å². The summed E-state index contributed by atoms with van der Waals surface area (Å²) in [6, 6.07) is 0. The average Bonchev–Trinajstić information content (AvgIpc) is 3.34. The van der Waals surface area contributed by atoms with E-state index in [-0.39, 0.29) is 11.9 Å². The van der Waals surface area contributed by atoms with E-state index in [9.17, 15) is 9.59 Å². The van der Waals surface area contributed by atoms with E-state index in [1.807, 2.05) is 4.90 Å². The molecule has 0 atom stereocenters. The lowest BCUT2D eigenvalue weighted by molar-refractivity contribution is -0.151. The number of likely N-dealkylation sites (tertiary alicyclic amines) is 1. The number of hydrogen-bond acceptors (Lipinski definition) is 3. The minimum atomic E-state index is -0.0360. The fourth-order valence-electron chi connectivity index (χ4n) is 5.38. The van der Waals surface area contributed by atoms with Gasteiger partial charge >= 0.3 is 5.97 Å². The van der Waals surface area contributed by atoms with Gasteiger partial charge in [0.15, 0.2) is 0 Å². The summed E-state index contributed by atoms with van der Waals surface area (Å²) >= 11 is 0. The lowest BCUT2D eigenvalue weighted by Gasteiger charge is -2.31. The predicted octanol–water partition coefficient (Wildman–Crippen LogP) is 7.44. The minimum Gasteiger partial charge on any atom is -0.465 e. The highest BCUT2D eigenvalue weighted by Crippen LogP contribution is 2.29. The lowest BCUT2D eigenvalue weighted by Crippen LogP contribution is -2.40. The van der Waals surface area contributed by atoms with Crippen LogP contribution in [0.2, 0.25) is 0 Å². The van der Waals surface area contributed by atoms with Crippen LogP contribution in [0.4, 0.5) is 0 Å². The van der Waals surface area contributed by atoms with Gasteiger partial charge in [-0.2, -0.15) is 0 Å². The van der Waals surface area contributed by atoms with Crippen LogP contribution in [-0.2, 0) is 14.3 Å². The molecule has 0 N–H and O–H groups in total. The number of carbonyl (C=O) groups excluding carboxylic acids is 2. The molecule has 2 rings (SSSR count). The quantitative estimate of drug-likeness (QED) is 0.171. The molecule has 0 aromatic carbocycles. The Labute approximate surface area is 198 Å². The van der Waals surface area contributed by atoms with Gasteiger partial charge in [0.2, 0.25) is 5.91 Å². The maximum atomic E-state index is 12.4. The molecule has 1 saturated carbocycles. The second-order valence-corrected chi connectivity index (χ2v) is 10.4. The zero-order valence-electron chi connectivity index (χ0n) is 21.1. The molecule has 0 aromatic rings. The van der Waals surface area contributed by atoms with E-state index in [2.05, 4.69) is 6.92 Å². The summed E-state index contributed by atoms with van der Waals surface area (Å²) in [6.07, 6.45) is 24.4. The van der Waals surface area contributed by atoms with Crippen molar-refractivity contribution >= 4 is 11.9 Å². The van der Waals surface area contributed by atoms with Gasteiger partial charge in [0.05, 0.1) is 12.5 Å². The van der Waals surface area contributed by atoms with Gasteiger partial charge in [0.25, 0.3) is 0 Å². The van der Waals surface area contributed by atoms with Crippen molar-refractivity contribution in [1.82, 2.24) is 4.90 Å². The first-order valence-electron chi connectivity index (χ1n) is 14.1. The number of rotatable bonds is 17. The summed E-state index contributed by atoms with van der Waals surface area (Å²) in [6.45, 7) is 4.28. The molecule has 1 heterocycles. The second-order valence-electron chi connectivity index (χ2n) is 10.4. The molecule has 1 saturated heterocycles. The van der Waals surface area contributed by atoms with E-state index in [0.717, 1.165) is 51.1 Å². The molecular weight excluding hydrogens is 398 g/mol. The number of nitrogens with zero attached hydrogens (tertiary/aromatic N) is 1. The zero-order chi connectivity index (χ0) is 22.9. The summed E-state index contributed by atoms with van der Waals surface area (Å²) in [5, 5.41) is 0. The highest BCUT2D eigenvalue weighted by Gasteiger charge is 2.28. The summed E-state index contributed by atoms with van der Waals surface area (Å²) in [5.74, 6) is 1.02. The van der Waals surface area contributed by atoms with Crippen LogP contribution >= 0.6 is 0 Å². The number of esters is 1. The molecule has 4 heteroatoms. The van der Waals surface area contributed by atoms with Gasteiger partial charge in [-0.15, -0.1) is 0 Å². The lowest BCUT2D eigenvalue weighted by atomic mass is 9.96. The molecule has 0 aromatic heterocycles. The Bertz CT molecular complexity index is 493. The Hall–Kier alpha value is -1.06. The third kappa shape index (κ3) is 11.7. The van der Waals surface area contributed by atoms with Crippen LogP contribution in [0, 0.1) is 11.8 Å². The molecule has 2 aliphatic rings. The van der Waals surface area contributed by atoms with Crippen molar-refractivity contribution in [1.29, 1.82) is 0 Å². The monoisotopic (exact) mass is 449 g/mol. The largest absolute Gasteiger partial charge is 0.465 e. The smallest absolute Gasteiger partial charge is 0.309 e. The van der Waals surface area contributed by atoms with Gasteiger partial charge in [-0.1, -0.05) is 103 Å². The Morgan fingerprint density at radius 1 is 0.750 bits per heavy atom. The van der Waals surface area contributed by atoms with Crippen LogP contribution in [0.5, 0.6) is 0 Å². The maximum Gasteiger partial charge on any atom is 0.309 e. The van der Waals surface area contributed by atoms with Crippen molar-refractivity contribution < 1.29 is 14.3 Å². The van der Waals surface area contributed by atoms with E-state index in [0.29, 0.717) is 18.9 Å². The highest BCUT2D eigenvalue weighted by atomic mass is 16.5. The molecule has 1 aliphatic heterocycles. The van der Waals surface area contributed by atoms with Gasteiger partial charge in [0, 0.05) is 19.5 Å². The zero-order valence-corrected chi connectivity index (χ0v) is 21.1. The van der Waals surface area contributed by atoms with Gasteiger partial charge in [-0.05, 0) is 31.6 Å². The molecule has 4 nitrogen and oxygen atoms in total. The van der Waals surface area contributed by atoms with Crippen LogP contribution in [0.3, 0.4) is 0 Å². The number of hydrogen-bond donors (Lipinski definition) is 0. The fourth-order valence-corrected chi connectivity index (χ4v) is 5.38. The molecule has 0 spiro atoms. The van der Waals surface area contributed by atoms with Crippen molar-refractivity contribution in [2.75, 3.05) is 19.7 Å². The van der Waals surface area contributed by atoms with Crippen LogP contribution in [0.1, 0.15) is 135 Å². The Morgan fingerprint density at radius 2 is 1.28 bits per heavy atom. The molecule has 0 unspecified atom stereocenters. The van der Waals surface area contributed by atoms with Crippen molar-refractivity contribution in [2.24, 2.45) is 11.8 Å². The van der Waals surface area contributed by atoms with Crippen molar-refractivity contribution in [3.05, 3.63) is 0 Å². The van der Waals surface area contributed by atoms with Crippen LogP contribution in [0.25, 0.3) is 0 Å². The van der Waals surface area contributed by atoms with E-state index in [4.69, 9.17) is 4.74 Å². The number of amides is 1. The second kappa shape index (κ2) is 17.4. The van der Waals surface area contributed by atoms with Gasteiger partial charge in [0.1, 0.15) is 0 Å². The molecule has 1 amide bonds. The number of carbonyl (C=O) groups is 2. The summed E-state index contributed by atoms with van der Waals surface area (Å²) < 4.78 is 5.54. The first-order valence-corrected chi connectivity index (χ1v) is 14.1. The fraction of sp³-hybridized carbons (Fsp3) is 0.929. The minimum absolute atomic E-state index is 0.00814. The molecule has 2 fully saturated rings. The van der Waals surface area contributed by atoms with Crippen LogP contribution in [0.15, 0.2) is 0 Å². The summed E-state index contributed by atoms with van der Waals surface area (Å²) in [5.41, 5.74) is 0. The van der Waals surface area contributed by atoms with E-state index in [1.54, 1.807) is 0 Å². The number of unbranched alkanes of at least 4 members (excludes halogenated alkanes) is 11. The van der Waals surface area contributed by atoms with Crippen LogP contribution < -0.4 is 0 Å². The van der Waals surface area contributed by atoms with Gasteiger partial charge < -0.3 is 9.64 Å². The molecule has 186 valence electrons. The first kappa shape index (κ1) is 27.2. The Kier molecular flexibility index (Phi) is 14.8. The predicted molar refractivity (Wildman–Crippen MR) is 133 cm³/mol. The highest BCUT2D eigenvalue weighted by molar-refractivity contribution is 5.77. The molecular formula is C28H51NO3. The molecule has 0 bridgehead atoms. The van der Waals surface area contributed by atoms with E-state index in [1.165, 1.54) is 89.9 Å². The number of piperidine rings is 1. The normalized spacial score (nSPS) is 17.7. The SMILES string of the molecule is CCCCCCCCCCCCCCOC(=O)C1CCN(C(=O)CCC2CCCC2)CC1.